The maximum Gasteiger partial charge on any atom is 0.289 e. The number of nitrogens with zero attached hydrogens (tertiary/aromatic N) is 3. The van der Waals surface area contributed by atoms with E-state index in [0.29, 0.717) is 24.6 Å². The smallest absolute Gasteiger partial charge is 0.289 e. The van der Waals surface area contributed by atoms with Crippen LogP contribution in [0, 0.1) is 0 Å². The van der Waals surface area contributed by atoms with Crippen LogP contribution in [0.25, 0.3) is 21.0 Å². The van der Waals surface area contributed by atoms with Crippen LogP contribution in [0.4, 0.5) is 0 Å². The summed E-state index contributed by atoms with van der Waals surface area (Å²) in [6.07, 6.45) is 0. The number of piperazine rings is 1. The highest BCUT2D eigenvalue weighted by molar-refractivity contribution is 7.21. The van der Waals surface area contributed by atoms with E-state index in [1.165, 1.54) is 0 Å². The molecule has 1 atom stereocenters. The second kappa shape index (κ2) is 6.59. The zero-order valence-electron chi connectivity index (χ0n) is 14.0. The van der Waals surface area contributed by atoms with Gasteiger partial charge in [0.05, 0.1) is 16.3 Å². The molecule has 1 amide bonds. The van der Waals surface area contributed by atoms with Crippen molar-refractivity contribution in [3.63, 3.8) is 0 Å². The molecule has 2 N–H and O–H groups in total. The highest BCUT2D eigenvalue weighted by atomic mass is 32.1. The Kier molecular flexibility index (Phi) is 4.29. The van der Waals surface area contributed by atoms with E-state index in [0.717, 1.165) is 28.3 Å². The molecule has 0 saturated carbocycles. The molecule has 4 rings (SSSR count). The van der Waals surface area contributed by atoms with E-state index in [-0.39, 0.29) is 11.9 Å². The largest absolute Gasteiger partial charge is 0.448 e. The molecule has 7 heteroatoms. The molecule has 1 aliphatic rings. The number of thiazole rings is 1. The predicted molar refractivity (Wildman–Crippen MR) is 98.7 cm³/mol. The summed E-state index contributed by atoms with van der Waals surface area (Å²) in [5.74, 6) is 0.871. The van der Waals surface area contributed by atoms with E-state index in [1.54, 1.807) is 17.4 Å². The van der Waals surface area contributed by atoms with Gasteiger partial charge in [0.15, 0.2) is 16.5 Å². The molecule has 1 saturated heterocycles. The first-order chi connectivity index (χ1) is 12.2. The molecule has 130 valence electrons. The Hall–Kier alpha value is -2.22. The van der Waals surface area contributed by atoms with Crippen LogP contribution in [-0.2, 0) is 0 Å². The van der Waals surface area contributed by atoms with Gasteiger partial charge in [-0.05, 0) is 31.3 Å². The number of hydrogen-bond acceptors (Lipinski definition) is 6. The minimum absolute atomic E-state index is 0.0160. The lowest BCUT2D eigenvalue weighted by atomic mass is 10.1. The zero-order valence-corrected chi connectivity index (χ0v) is 14.8. The Morgan fingerprint density at radius 1 is 1.32 bits per heavy atom. The van der Waals surface area contributed by atoms with Gasteiger partial charge in [0.1, 0.15) is 0 Å². The third-order valence-corrected chi connectivity index (χ3v) is 5.59. The molecule has 2 aromatic heterocycles. The number of likely N-dealkylation sites (N-methyl/N-ethyl adjacent to an activating group) is 1. The van der Waals surface area contributed by atoms with Crippen LogP contribution < -0.4 is 5.73 Å². The number of carbonyl (C=O) groups is 1. The topological polar surface area (TPSA) is 75.6 Å². The molecule has 0 spiro atoms. The summed E-state index contributed by atoms with van der Waals surface area (Å²) < 4.78 is 6.94. The highest BCUT2D eigenvalue weighted by Crippen LogP contribution is 2.31. The first-order valence-corrected chi connectivity index (χ1v) is 9.12. The Morgan fingerprint density at radius 2 is 2.16 bits per heavy atom. The Balaban J connectivity index is 1.59. The molecule has 1 fully saturated rings. The summed E-state index contributed by atoms with van der Waals surface area (Å²) in [5.41, 5.74) is 6.79. The van der Waals surface area contributed by atoms with Crippen LogP contribution in [0.1, 0.15) is 10.6 Å². The third-order valence-electron chi connectivity index (χ3n) is 4.54. The number of benzene rings is 1. The summed E-state index contributed by atoms with van der Waals surface area (Å²) in [4.78, 5) is 21.4. The minimum Gasteiger partial charge on any atom is -0.448 e. The van der Waals surface area contributed by atoms with Gasteiger partial charge in [-0.25, -0.2) is 4.98 Å². The van der Waals surface area contributed by atoms with Crippen molar-refractivity contribution in [1.29, 1.82) is 0 Å². The molecular formula is C18H20N4O2S. The fourth-order valence-corrected chi connectivity index (χ4v) is 4.09. The first-order valence-electron chi connectivity index (χ1n) is 8.31. The molecule has 0 bridgehead atoms. The van der Waals surface area contributed by atoms with E-state index in [1.807, 2.05) is 42.3 Å². The maximum absolute atomic E-state index is 12.8. The van der Waals surface area contributed by atoms with E-state index in [2.05, 4.69) is 9.88 Å². The standard InChI is InChI=1S/C18H20N4O2S/c1-21-8-9-22(12(10-19)11-21)18(23)15-7-6-14(24-15)17-20-13-4-2-3-5-16(13)25-17/h2-7,12H,8-11,19H2,1H3/t12-/m1/s1. The van der Waals surface area contributed by atoms with Crippen LogP contribution in [-0.4, -0.2) is 60.0 Å². The van der Waals surface area contributed by atoms with Gasteiger partial charge in [-0.3, -0.25) is 4.79 Å². The van der Waals surface area contributed by atoms with Crippen LogP contribution in [0.15, 0.2) is 40.8 Å². The van der Waals surface area contributed by atoms with Crippen molar-refractivity contribution >= 4 is 27.5 Å². The van der Waals surface area contributed by atoms with Crippen molar-refractivity contribution in [3.8, 4) is 10.8 Å². The second-order valence-electron chi connectivity index (χ2n) is 6.30. The van der Waals surface area contributed by atoms with Gasteiger partial charge in [-0.1, -0.05) is 12.1 Å². The van der Waals surface area contributed by atoms with Gasteiger partial charge >= 0.3 is 0 Å². The maximum atomic E-state index is 12.8. The van der Waals surface area contributed by atoms with Gasteiger partial charge in [-0.15, -0.1) is 11.3 Å². The van der Waals surface area contributed by atoms with Gasteiger partial charge in [-0.2, -0.15) is 0 Å². The van der Waals surface area contributed by atoms with Crippen molar-refractivity contribution in [2.45, 2.75) is 6.04 Å². The molecule has 3 aromatic rings. The average molecular weight is 356 g/mol. The zero-order chi connectivity index (χ0) is 17.4. The van der Waals surface area contributed by atoms with Gasteiger partial charge in [0.25, 0.3) is 5.91 Å². The lowest BCUT2D eigenvalue weighted by Crippen LogP contribution is -2.56. The monoisotopic (exact) mass is 356 g/mol. The quantitative estimate of drug-likeness (QED) is 0.779. The van der Waals surface area contributed by atoms with Crippen LogP contribution in [0.5, 0.6) is 0 Å². The molecule has 0 aliphatic carbocycles. The molecule has 1 aliphatic heterocycles. The predicted octanol–water partition coefficient (Wildman–Crippen LogP) is 2.27. The summed E-state index contributed by atoms with van der Waals surface area (Å²) in [5, 5.41) is 0.786. The lowest BCUT2D eigenvalue weighted by Gasteiger charge is -2.39. The van der Waals surface area contributed by atoms with Crippen molar-refractivity contribution in [2.24, 2.45) is 5.73 Å². The lowest BCUT2D eigenvalue weighted by molar-refractivity contribution is 0.0486. The Morgan fingerprint density at radius 3 is 2.96 bits per heavy atom. The normalized spacial score (nSPS) is 18.8. The fraction of sp³-hybridized carbons (Fsp3) is 0.333. The molecule has 25 heavy (non-hydrogen) atoms. The Labute approximate surface area is 149 Å². The van der Waals surface area contributed by atoms with Gasteiger partial charge in [0.2, 0.25) is 0 Å². The average Bonchev–Trinajstić information content (AvgIpc) is 3.27. The minimum atomic E-state index is -0.101. The van der Waals surface area contributed by atoms with Crippen LogP contribution in [0.3, 0.4) is 0 Å². The molecule has 1 aromatic carbocycles. The number of hydrogen-bond donors (Lipinski definition) is 1. The number of carbonyl (C=O) groups excluding carboxylic acids is 1. The molecule has 6 nitrogen and oxygen atoms in total. The van der Waals surface area contributed by atoms with Crippen molar-refractivity contribution < 1.29 is 9.21 Å². The van der Waals surface area contributed by atoms with E-state index < -0.39 is 0 Å². The molecule has 0 unspecified atom stereocenters. The van der Waals surface area contributed by atoms with E-state index in [9.17, 15) is 4.79 Å². The van der Waals surface area contributed by atoms with E-state index in [4.69, 9.17) is 10.2 Å². The number of rotatable bonds is 3. The SMILES string of the molecule is CN1CCN(C(=O)c2ccc(-c3nc4ccccc4s3)o2)[C@H](CN)C1. The summed E-state index contributed by atoms with van der Waals surface area (Å²) in [6, 6.07) is 11.5. The first kappa shape index (κ1) is 16.3. The number of aromatic nitrogens is 1. The number of para-hydroxylation sites is 1. The molecule has 3 heterocycles. The van der Waals surface area contributed by atoms with Crippen molar-refractivity contribution in [2.75, 3.05) is 33.2 Å². The summed E-state index contributed by atoms with van der Waals surface area (Å²) in [6.45, 7) is 2.73. The van der Waals surface area contributed by atoms with Crippen LogP contribution in [0.2, 0.25) is 0 Å². The second-order valence-corrected chi connectivity index (χ2v) is 7.33. The van der Waals surface area contributed by atoms with Crippen LogP contribution >= 0.6 is 11.3 Å². The van der Waals surface area contributed by atoms with Crippen molar-refractivity contribution in [3.05, 3.63) is 42.2 Å². The third kappa shape index (κ3) is 3.06. The summed E-state index contributed by atoms with van der Waals surface area (Å²) >= 11 is 1.56. The van der Waals surface area contributed by atoms with E-state index >= 15 is 0 Å². The molecular weight excluding hydrogens is 336 g/mol. The summed E-state index contributed by atoms with van der Waals surface area (Å²) in [7, 11) is 2.04. The number of amides is 1. The van der Waals surface area contributed by atoms with Crippen molar-refractivity contribution in [1.82, 2.24) is 14.8 Å². The number of furan rings is 1. The molecule has 0 radical (unpaired) electrons. The Bertz CT molecular complexity index is 870. The number of fused-ring (bicyclic) bond motifs is 1. The van der Waals surface area contributed by atoms with Gasteiger partial charge in [0, 0.05) is 26.2 Å². The number of nitrogens with two attached hydrogens (primary N) is 1. The fourth-order valence-electron chi connectivity index (χ4n) is 3.17. The van der Waals surface area contributed by atoms with Gasteiger partial charge < -0.3 is 20.0 Å². The highest BCUT2D eigenvalue weighted by Gasteiger charge is 2.30.